The molecule has 1 unspecified atom stereocenters. The van der Waals surface area contributed by atoms with Gasteiger partial charge in [-0.25, -0.2) is 9.97 Å². The Morgan fingerprint density at radius 1 is 1.36 bits per heavy atom. The first-order chi connectivity index (χ1) is 13.7. The summed E-state index contributed by atoms with van der Waals surface area (Å²) in [6.07, 6.45) is 7.27. The Labute approximate surface area is 167 Å². The average Bonchev–Trinajstić information content (AvgIpc) is 3.17. The summed E-state index contributed by atoms with van der Waals surface area (Å²) in [7, 11) is 0. The number of nitrogens with zero attached hydrogens (tertiary/aromatic N) is 5. The Balaban J connectivity index is 1.48. The summed E-state index contributed by atoms with van der Waals surface area (Å²) in [6, 6.07) is 9.41. The van der Waals surface area contributed by atoms with Crippen molar-refractivity contribution in [2.24, 2.45) is 4.99 Å². The Bertz CT molecular complexity index is 1040. The highest BCUT2D eigenvalue weighted by Gasteiger charge is 2.23. The summed E-state index contributed by atoms with van der Waals surface area (Å²) < 4.78 is 0. The normalized spacial score (nSPS) is 17.4. The second kappa shape index (κ2) is 8.15. The van der Waals surface area contributed by atoms with Crippen LogP contribution >= 0.6 is 11.6 Å². The van der Waals surface area contributed by atoms with Crippen molar-refractivity contribution in [2.75, 3.05) is 23.3 Å². The van der Waals surface area contributed by atoms with Gasteiger partial charge in [-0.3, -0.25) is 0 Å². The van der Waals surface area contributed by atoms with Crippen LogP contribution in [0.2, 0.25) is 5.02 Å². The van der Waals surface area contributed by atoms with Gasteiger partial charge >= 0.3 is 0 Å². The molecule has 142 valence electrons. The van der Waals surface area contributed by atoms with Gasteiger partial charge in [-0.2, -0.15) is 5.26 Å². The molecule has 1 atom stereocenters. The van der Waals surface area contributed by atoms with Crippen LogP contribution in [0.4, 0.5) is 11.5 Å². The molecule has 1 aliphatic rings. The summed E-state index contributed by atoms with van der Waals surface area (Å²) in [5.41, 5.74) is 1.60. The van der Waals surface area contributed by atoms with Crippen LogP contribution in [0.25, 0.3) is 11.0 Å². The molecule has 3 N–H and O–H groups in total. The van der Waals surface area contributed by atoms with Gasteiger partial charge in [-0.15, -0.1) is 4.99 Å². The monoisotopic (exact) mass is 394 g/mol. The molecule has 2 aromatic heterocycles. The lowest BCUT2D eigenvalue weighted by Gasteiger charge is -2.34. The van der Waals surface area contributed by atoms with Crippen LogP contribution < -0.4 is 15.5 Å². The number of rotatable bonds is 3. The van der Waals surface area contributed by atoms with Crippen LogP contribution in [0, 0.1) is 11.5 Å². The van der Waals surface area contributed by atoms with E-state index in [0.29, 0.717) is 11.0 Å². The lowest BCUT2D eigenvalue weighted by atomic mass is 10.1. The molecule has 28 heavy (non-hydrogen) atoms. The van der Waals surface area contributed by atoms with Crippen LogP contribution in [0.5, 0.6) is 0 Å². The lowest BCUT2D eigenvalue weighted by molar-refractivity contribution is 0.471. The lowest BCUT2D eigenvalue weighted by Crippen LogP contribution is -2.49. The molecule has 4 rings (SSSR count). The third-order valence-electron chi connectivity index (χ3n) is 4.64. The quantitative estimate of drug-likeness (QED) is 0.358. The molecule has 0 aliphatic carbocycles. The first kappa shape index (κ1) is 18.1. The maximum absolute atomic E-state index is 9.05. The Morgan fingerprint density at radius 2 is 2.29 bits per heavy atom. The number of aromatic nitrogens is 3. The predicted octanol–water partition coefficient (Wildman–Crippen LogP) is 3.12. The molecule has 1 aliphatic heterocycles. The highest BCUT2D eigenvalue weighted by atomic mass is 35.5. The van der Waals surface area contributed by atoms with Gasteiger partial charge in [0.25, 0.3) is 0 Å². The fourth-order valence-corrected chi connectivity index (χ4v) is 3.63. The largest absolute Gasteiger partial charge is 0.354 e. The van der Waals surface area contributed by atoms with E-state index in [4.69, 9.17) is 16.9 Å². The molecule has 0 spiro atoms. The van der Waals surface area contributed by atoms with Gasteiger partial charge in [-0.05, 0) is 37.1 Å². The third-order valence-corrected chi connectivity index (χ3v) is 4.88. The SMILES string of the molecule is N#C/N=C(\Nc1cccc(Cl)c1)NC1CCCN(c2ncnc3[nH]ccc23)C1. The van der Waals surface area contributed by atoms with Gasteiger partial charge in [0.2, 0.25) is 12.2 Å². The second-order valence-corrected chi connectivity index (χ2v) is 7.00. The molecule has 3 heterocycles. The Kier molecular flexibility index (Phi) is 5.26. The molecule has 1 saturated heterocycles. The van der Waals surface area contributed by atoms with Gasteiger partial charge < -0.3 is 20.5 Å². The first-order valence-electron chi connectivity index (χ1n) is 9.02. The number of fused-ring (bicyclic) bond motifs is 1. The number of nitriles is 1. The molecule has 0 radical (unpaired) electrons. The van der Waals surface area contributed by atoms with Crippen LogP contribution in [0.3, 0.4) is 0 Å². The van der Waals surface area contributed by atoms with Gasteiger partial charge in [0.05, 0.1) is 5.39 Å². The number of H-pyrrole nitrogens is 1. The summed E-state index contributed by atoms with van der Waals surface area (Å²) >= 11 is 6.04. The van der Waals surface area contributed by atoms with Crippen molar-refractivity contribution < 1.29 is 0 Å². The smallest absolute Gasteiger partial charge is 0.212 e. The predicted molar refractivity (Wildman–Crippen MR) is 110 cm³/mol. The third kappa shape index (κ3) is 4.00. The molecule has 0 bridgehead atoms. The van der Waals surface area contributed by atoms with Crippen LogP contribution in [-0.2, 0) is 0 Å². The molecule has 0 saturated carbocycles. The molecule has 1 fully saturated rings. The Hall–Kier alpha value is -3.31. The fourth-order valence-electron chi connectivity index (χ4n) is 3.44. The second-order valence-electron chi connectivity index (χ2n) is 6.56. The van der Waals surface area contributed by atoms with E-state index in [2.05, 4.69) is 35.5 Å². The molecule has 9 heteroatoms. The van der Waals surface area contributed by atoms with Crippen LogP contribution in [0.1, 0.15) is 12.8 Å². The van der Waals surface area contributed by atoms with E-state index < -0.39 is 0 Å². The number of anilines is 2. The number of halogens is 1. The number of aliphatic imine (C=N–C) groups is 1. The van der Waals surface area contributed by atoms with Gasteiger partial charge in [0.15, 0.2) is 0 Å². The van der Waals surface area contributed by atoms with E-state index in [-0.39, 0.29) is 6.04 Å². The molecule has 1 aromatic carbocycles. The number of aromatic amines is 1. The number of hydrogen-bond donors (Lipinski definition) is 3. The minimum Gasteiger partial charge on any atom is -0.354 e. The number of hydrogen-bond acceptors (Lipinski definition) is 5. The van der Waals surface area contributed by atoms with Crippen molar-refractivity contribution in [3.8, 4) is 6.19 Å². The molecule has 0 amide bonds. The molecular weight excluding hydrogens is 376 g/mol. The van der Waals surface area contributed by atoms with E-state index in [1.165, 1.54) is 0 Å². The van der Waals surface area contributed by atoms with Crippen molar-refractivity contribution in [3.05, 3.63) is 47.9 Å². The first-order valence-corrected chi connectivity index (χ1v) is 9.39. The minimum atomic E-state index is 0.122. The topological polar surface area (TPSA) is 105 Å². The summed E-state index contributed by atoms with van der Waals surface area (Å²) in [5, 5.41) is 17.1. The fraction of sp³-hybridized carbons (Fsp3) is 0.263. The summed E-state index contributed by atoms with van der Waals surface area (Å²) in [6.45, 7) is 1.67. The van der Waals surface area contributed by atoms with E-state index in [9.17, 15) is 0 Å². The van der Waals surface area contributed by atoms with Crippen molar-refractivity contribution in [3.63, 3.8) is 0 Å². The minimum absolute atomic E-state index is 0.122. The number of piperidine rings is 1. The van der Waals surface area contributed by atoms with E-state index in [1.807, 2.05) is 30.6 Å². The maximum Gasteiger partial charge on any atom is 0.212 e. The van der Waals surface area contributed by atoms with Crippen molar-refractivity contribution in [1.29, 1.82) is 5.26 Å². The van der Waals surface area contributed by atoms with Crippen molar-refractivity contribution in [2.45, 2.75) is 18.9 Å². The van der Waals surface area contributed by atoms with Crippen LogP contribution in [-0.4, -0.2) is 40.0 Å². The van der Waals surface area contributed by atoms with E-state index in [0.717, 1.165) is 48.5 Å². The number of guanidine groups is 1. The zero-order chi connectivity index (χ0) is 19.3. The zero-order valence-electron chi connectivity index (χ0n) is 15.1. The van der Waals surface area contributed by atoms with Gasteiger partial charge in [-0.1, -0.05) is 17.7 Å². The summed E-state index contributed by atoms with van der Waals surface area (Å²) in [4.78, 5) is 18.0. The van der Waals surface area contributed by atoms with E-state index >= 15 is 0 Å². The van der Waals surface area contributed by atoms with Gasteiger partial charge in [0, 0.05) is 36.0 Å². The molecular formula is C19H19ClN8. The van der Waals surface area contributed by atoms with E-state index in [1.54, 1.807) is 18.5 Å². The average molecular weight is 395 g/mol. The highest BCUT2D eigenvalue weighted by molar-refractivity contribution is 6.30. The highest BCUT2D eigenvalue weighted by Crippen LogP contribution is 2.25. The maximum atomic E-state index is 9.05. The van der Waals surface area contributed by atoms with Gasteiger partial charge in [0.1, 0.15) is 17.8 Å². The summed E-state index contributed by atoms with van der Waals surface area (Å²) in [5.74, 6) is 1.32. The standard InChI is InChI=1S/C19H19ClN8/c20-13-3-1-4-14(9-13)26-19(23-11-21)27-15-5-2-8-28(10-15)18-16-6-7-22-17(16)24-12-25-18/h1,3-4,6-7,9,12,15H,2,5,8,10H2,(H,22,24,25)(H2,23,26,27). The van der Waals surface area contributed by atoms with Crippen molar-refractivity contribution >= 4 is 40.1 Å². The molecule has 3 aromatic rings. The van der Waals surface area contributed by atoms with Crippen LogP contribution in [0.15, 0.2) is 47.8 Å². The number of nitrogens with one attached hydrogen (secondary N) is 3. The van der Waals surface area contributed by atoms with Crippen molar-refractivity contribution in [1.82, 2.24) is 20.3 Å². The number of benzene rings is 1. The molecule has 8 nitrogen and oxygen atoms in total. The Morgan fingerprint density at radius 3 is 3.14 bits per heavy atom. The zero-order valence-corrected chi connectivity index (χ0v) is 15.8.